The van der Waals surface area contributed by atoms with Crippen molar-refractivity contribution in [3.8, 4) is 11.5 Å². The van der Waals surface area contributed by atoms with E-state index in [0.29, 0.717) is 5.75 Å². The van der Waals surface area contributed by atoms with Gasteiger partial charge in [0.2, 0.25) is 5.91 Å². The summed E-state index contributed by atoms with van der Waals surface area (Å²) >= 11 is 0. The van der Waals surface area contributed by atoms with Crippen LogP contribution in [0.2, 0.25) is 0 Å². The smallest absolute Gasteiger partial charge is 0.237 e. The number of benzene rings is 1. The molecule has 0 aliphatic rings. The minimum absolute atomic E-state index is 0.230. The van der Waals surface area contributed by atoms with Crippen LogP contribution in [0.1, 0.15) is 6.42 Å². The van der Waals surface area contributed by atoms with E-state index in [1.807, 2.05) is 17.6 Å². The van der Waals surface area contributed by atoms with E-state index in [1.54, 1.807) is 19.2 Å². The molecule has 82 valence electrons. The number of ether oxygens (including phenoxy) is 2. The van der Waals surface area contributed by atoms with Crippen LogP contribution in [0.15, 0.2) is 24.3 Å². The number of hydrogen-bond acceptors (Lipinski definition) is 4. The highest BCUT2D eigenvalue weighted by Crippen LogP contribution is 2.18. The van der Waals surface area contributed by atoms with Gasteiger partial charge in [-0.3, -0.25) is 10.2 Å². The summed E-state index contributed by atoms with van der Waals surface area (Å²) in [6, 6.07) is 7.18. The van der Waals surface area contributed by atoms with E-state index in [2.05, 4.69) is 0 Å². The molecule has 0 aromatic heterocycles. The van der Waals surface area contributed by atoms with Crippen molar-refractivity contribution in [2.24, 2.45) is 5.84 Å². The van der Waals surface area contributed by atoms with Gasteiger partial charge >= 0.3 is 0 Å². The van der Waals surface area contributed by atoms with Crippen molar-refractivity contribution >= 4 is 5.91 Å². The molecular weight excluding hydrogens is 196 g/mol. The Kier molecular flexibility index (Phi) is 4.43. The Morgan fingerprint density at radius 2 is 2.20 bits per heavy atom. The average Bonchev–Trinajstić information content (AvgIpc) is 2.29. The lowest BCUT2D eigenvalue weighted by molar-refractivity contribution is -0.121. The molecule has 0 saturated heterocycles. The van der Waals surface area contributed by atoms with Gasteiger partial charge in [-0.2, -0.15) is 0 Å². The third kappa shape index (κ3) is 3.86. The molecule has 0 aliphatic carbocycles. The summed E-state index contributed by atoms with van der Waals surface area (Å²) in [5.74, 6) is 6.05. The number of rotatable bonds is 5. The standard InChI is InChI=1S/C10H14N2O3/c1-14-8-3-2-4-9(7-8)15-6-5-10(13)12-11/h2-4,7H,5-6,11H2,1H3,(H,12,13). The van der Waals surface area contributed by atoms with Crippen molar-refractivity contribution in [1.82, 2.24) is 5.43 Å². The zero-order valence-electron chi connectivity index (χ0n) is 8.53. The molecule has 0 bridgehead atoms. The largest absolute Gasteiger partial charge is 0.497 e. The zero-order valence-corrected chi connectivity index (χ0v) is 8.53. The highest BCUT2D eigenvalue weighted by Gasteiger charge is 2.00. The van der Waals surface area contributed by atoms with Gasteiger partial charge in [-0.25, -0.2) is 5.84 Å². The fourth-order valence-corrected chi connectivity index (χ4v) is 1.02. The molecule has 0 unspecified atom stereocenters. The Bertz CT molecular complexity index is 328. The number of carbonyl (C=O) groups excluding carboxylic acids is 1. The lowest BCUT2D eigenvalue weighted by Crippen LogP contribution is -2.31. The SMILES string of the molecule is COc1cccc(OCCC(=O)NN)c1. The van der Waals surface area contributed by atoms with E-state index >= 15 is 0 Å². The van der Waals surface area contributed by atoms with Gasteiger partial charge in [-0.1, -0.05) is 6.07 Å². The van der Waals surface area contributed by atoms with Crippen LogP contribution in [0.4, 0.5) is 0 Å². The van der Waals surface area contributed by atoms with E-state index < -0.39 is 0 Å². The second kappa shape index (κ2) is 5.87. The molecule has 5 heteroatoms. The van der Waals surface area contributed by atoms with Gasteiger partial charge in [0.1, 0.15) is 11.5 Å². The Morgan fingerprint density at radius 1 is 1.47 bits per heavy atom. The normalized spacial score (nSPS) is 9.47. The zero-order chi connectivity index (χ0) is 11.1. The molecule has 0 heterocycles. The van der Waals surface area contributed by atoms with Crippen LogP contribution in [-0.4, -0.2) is 19.6 Å². The van der Waals surface area contributed by atoms with E-state index in [0.717, 1.165) is 5.75 Å². The molecule has 3 N–H and O–H groups in total. The molecule has 0 atom stereocenters. The van der Waals surface area contributed by atoms with Crippen molar-refractivity contribution in [2.75, 3.05) is 13.7 Å². The van der Waals surface area contributed by atoms with Crippen LogP contribution >= 0.6 is 0 Å². The van der Waals surface area contributed by atoms with Gasteiger partial charge in [0.25, 0.3) is 0 Å². The molecule has 5 nitrogen and oxygen atoms in total. The molecular formula is C10H14N2O3. The molecule has 1 aromatic carbocycles. The van der Waals surface area contributed by atoms with Crippen LogP contribution in [-0.2, 0) is 4.79 Å². The Balaban J connectivity index is 2.40. The molecule has 1 aromatic rings. The first-order chi connectivity index (χ1) is 7.26. The monoisotopic (exact) mass is 210 g/mol. The van der Waals surface area contributed by atoms with Crippen LogP contribution in [0.3, 0.4) is 0 Å². The second-order valence-corrected chi connectivity index (χ2v) is 2.84. The van der Waals surface area contributed by atoms with Crippen molar-refractivity contribution in [1.29, 1.82) is 0 Å². The lowest BCUT2D eigenvalue weighted by Gasteiger charge is -2.06. The molecule has 0 saturated carbocycles. The third-order valence-corrected chi connectivity index (χ3v) is 1.80. The molecule has 15 heavy (non-hydrogen) atoms. The predicted molar refractivity (Wildman–Crippen MR) is 55.4 cm³/mol. The molecule has 0 spiro atoms. The van der Waals surface area contributed by atoms with Crippen molar-refractivity contribution in [2.45, 2.75) is 6.42 Å². The van der Waals surface area contributed by atoms with Gasteiger partial charge < -0.3 is 9.47 Å². The van der Waals surface area contributed by atoms with Gasteiger partial charge in [-0.05, 0) is 12.1 Å². The minimum Gasteiger partial charge on any atom is -0.497 e. The van der Waals surface area contributed by atoms with Crippen LogP contribution in [0, 0.1) is 0 Å². The van der Waals surface area contributed by atoms with Gasteiger partial charge in [0, 0.05) is 6.07 Å². The first-order valence-corrected chi connectivity index (χ1v) is 4.52. The van der Waals surface area contributed by atoms with E-state index in [4.69, 9.17) is 15.3 Å². The maximum atomic E-state index is 10.8. The van der Waals surface area contributed by atoms with Crippen molar-refractivity contribution < 1.29 is 14.3 Å². The Morgan fingerprint density at radius 3 is 2.87 bits per heavy atom. The summed E-state index contributed by atoms with van der Waals surface area (Å²) in [6.45, 7) is 0.288. The molecule has 0 radical (unpaired) electrons. The highest BCUT2D eigenvalue weighted by molar-refractivity contribution is 5.75. The lowest BCUT2D eigenvalue weighted by atomic mass is 10.3. The maximum Gasteiger partial charge on any atom is 0.237 e. The van der Waals surface area contributed by atoms with E-state index in [1.165, 1.54) is 0 Å². The van der Waals surface area contributed by atoms with Crippen LogP contribution < -0.4 is 20.7 Å². The summed E-state index contributed by atoms with van der Waals surface area (Å²) in [5, 5.41) is 0. The third-order valence-electron chi connectivity index (χ3n) is 1.80. The number of hydrogen-bond donors (Lipinski definition) is 2. The summed E-state index contributed by atoms with van der Waals surface area (Å²) < 4.78 is 10.3. The number of methoxy groups -OCH3 is 1. The minimum atomic E-state index is -0.252. The number of amides is 1. The quantitative estimate of drug-likeness (QED) is 0.420. The van der Waals surface area contributed by atoms with Gasteiger partial charge in [-0.15, -0.1) is 0 Å². The van der Waals surface area contributed by atoms with Gasteiger partial charge in [0.15, 0.2) is 0 Å². The fourth-order valence-electron chi connectivity index (χ4n) is 1.02. The van der Waals surface area contributed by atoms with Crippen LogP contribution in [0.25, 0.3) is 0 Å². The predicted octanol–water partition coefficient (Wildman–Crippen LogP) is 0.454. The Hall–Kier alpha value is -1.75. The average molecular weight is 210 g/mol. The molecule has 1 amide bonds. The summed E-state index contributed by atoms with van der Waals surface area (Å²) in [6.07, 6.45) is 0.230. The van der Waals surface area contributed by atoms with Crippen molar-refractivity contribution in [3.05, 3.63) is 24.3 Å². The Labute approximate surface area is 88.1 Å². The van der Waals surface area contributed by atoms with Crippen molar-refractivity contribution in [3.63, 3.8) is 0 Å². The van der Waals surface area contributed by atoms with E-state index in [9.17, 15) is 4.79 Å². The number of hydrazine groups is 1. The fraction of sp³-hybridized carbons (Fsp3) is 0.300. The summed E-state index contributed by atoms with van der Waals surface area (Å²) in [7, 11) is 1.58. The number of nitrogens with one attached hydrogen (secondary N) is 1. The van der Waals surface area contributed by atoms with E-state index in [-0.39, 0.29) is 18.9 Å². The summed E-state index contributed by atoms with van der Waals surface area (Å²) in [5.41, 5.74) is 2.03. The van der Waals surface area contributed by atoms with Crippen LogP contribution in [0.5, 0.6) is 11.5 Å². The van der Waals surface area contributed by atoms with Gasteiger partial charge in [0.05, 0.1) is 20.1 Å². The number of carbonyl (C=O) groups is 1. The first kappa shape index (κ1) is 11.3. The maximum absolute atomic E-state index is 10.8. The summed E-state index contributed by atoms with van der Waals surface area (Å²) in [4.78, 5) is 10.8. The molecule has 0 aliphatic heterocycles. The topological polar surface area (TPSA) is 73.6 Å². The number of nitrogens with two attached hydrogens (primary N) is 1. The molecule has 0 fully saturated rings. The second-order valence-electron chi connectivity index (χ2n) is 2.84. The molecule has 1 rings (SSSR count). The highest BCUT2D eigenvalue weighted by atomic mass is 16.5. The first-order valence-electron chi connectivity index (χ1n) is 4.52.